The minimum Gasteiger partial charge on any atom is -0.497 e. The van der Waals surface area contributed by atoms with Crippen LogP contribution in [0.2, 0.25) is 0 Å². The molecule has 1 unspecified atom stereocenters. The lowest BCUT2D eigenvalue weighted by molar-refractivity contribution is -0.00684. The van der Waals surface area contributed by atoms with E-state index in [1.807, 2.05) is 31.2 Å². The maximum atomic E-state index is 5.96. The lowest BCUT2D eigenvalue weighted by atomic mass is 10.0. The van der Waals surface area contributed by atoms with Gasteiger partial charge in [0.2, 0.25) is 0 Å². The number of halogens is 1. The van der Waals surface area contributed by atoms with Crippen molar-refractivity contribution in [1.29, 1.82) is 0 Å². The van der Waals surface area contributed by atoms with Crippen LogP contribution in [-0.2, 0) is 4.74 Å². The Labute approximate surface area is 192 Å². The zero-order chi connectivity index (χ0) is 20.4. The molecule has 0 aromatic heterocycles. The smallest absolute Gasteiger partial charge is 0.191 e. The summed E-state index contributed by atoms with van der Waals surface area (Å²) in [4.78, 5) is 7.25. The Hall–Kier alpha value is -1.26. The van der Waals surface area contributed by atoms with Gasteiger partial charge in [0.05, 0.1) is 33.4 Å². The highest BCUT2D eigenvalue weighted by atomic mass is 127. The fraction of sp³-hybridized carbons (Fsp3) is 0.667. The van der Waals surface area contributed by atoms with Gasteiger partial charge in [-0.15, -0.1) is 24.0 Å². The van der Waals surface area contributed by atoms with E-state index in [2.05, 4.69) is 36.3 Å². The molecule has 0 radical (unpaired) electrons. The molecule has 0 aliphatic carbocycles. The minimum atomic E-state index is -0.00264. The number of benzene rings is 1. The third kappa shape index (κ3) is 8.96. The van der Waals surface area contributed by atoms with Gasteiger partial charge >= 0.3 is 0 Å². The number of nitrogens with one attached hydrogen (secondary N) is 2. The lowest BCUT2D eigenvalue weighted by Gasteiger charge is -2.39. The van der Waals surface area contributed by atoms with E-state index >= 15 is 0 Å². The molecular formula is C21H37IN4O3. The molecule has 1 aliphatic heterocycles. The van der Waals surface area contributed by atoms with Gasteiger partial charge in [0, 0.05) is 25.2 Å². The summed E-state index contributed by atoms with van der Waals surface area (Å²) >= 11 is 0. The van der Waals surface area contributed by atoms with Gasteiger partial charge in [0.25, 0.3) is 0 Å². The minimum absolute atomic E-state index is 0. The first kappa shape index (κ1) is 25.8. The predicted molar refractivity (Wildman–Crippen MR) is 129 cm³/mol. The number of hydrogen-bond acceptors (Lipinski definition) is 5. The van der Waals surface area contributed by atoms with E-state index in [-0.39, 0.29) is 35.6 Å². The van der Waals surface area contributed by atoms with Crippen molar-refractivity contribution in [2.75, 3.05) is 53.0 Å². The maximum absolute atomic E-state index is 5.96. The Morgan fingerprint density at radius 2 is 1.79 bits per heavy atom. The predicted octanol–water partition coefficient (Wildman–Crippen LogP) is 2.75. The Kier molecular flexibility index (Phi) is 11.7. The lowest BCUT2D eigenvalue weighted by Crippen LogP contribution is -2.52. The van der Waals surface area contributed by atoms with E-state index in [1.165, 1.54) is 0 Å². The fourth-order valence-corrected chi connectivity index (χ4v) is 3.05. The van der Waals surface area contributed by atoms with Crippen LogP contribution in [0.4, 0.5) is 0 Å². The van der Waals surface area contributed by atoms with Crippen LogP contribution in [-0.4, -0.2) is 75.5 Å². The molecule has 29 heavy (non-hydrogen) atoms. The maximum Gasteiger partial charge on any atom is 0.191 e. The number of morpholine rings is 1. The van der Waals surface area contributed by atoms with E-state index in [0.29, 0.717) is 6.54 Å². The molecule has 1 fully saturated rings. The van der Waals surface area contributed by atoms with Gasteiger partial charge in [-0.1, -0.05) is 0 Å². The molecule has 7 nitrogen and oxygen atoms in total. The van der Waals surface area contributed by atoms with Crippen molar-refractivity contribution in [3.05, 3.63) is 24.3 Å². The van der Waals surface area contributed by atoms with Crippen molar-refractivity contribution in [3.63, 3.8) is 0 Å². The second-order valence-electron chi connectivity index (χ2n) is 7.59. The van der Waals surface area contributed by atoms with Crippen LogP contribution in [0.3, 0.4) is 0 Å². The Balaban J connectivity index is 0.00000420. The summed E-state index contributed by atoms with van der Waals surface area (Å²) in [6.45, 7) is 14.3. The summed E-state index contributed by atoms with van der Waals surface area (Å²) < 4.78 is 16.6. The van der Waals surface area contributed by atoms with Gasteiger partial charge in [0.1, 0.15) is 17.6 Å². The van der Waals surface area contributed by atoms with Crippen LogP contribution in [0.25, 0.3) is 0 Å². The normalized spacial score (nSPS) is 16.5. The molecule has 1 atom stereocenters. The molecule has 0 amide bonds. The molecule has 0 spiro atoms. The zero-order valence-corrected chi connectivity index (χ0v) is 20.7. The van der Waals surface area contributed by atoms with E-state index in [1.54, 1.807) is 7.11 Å². The number of hydrogen-bond donors (Lipinski definition) is 2. The molecule has 2 rings (SSSR count). The Morgan fingerprint density at radius 1 is 1.17 bits per heavy atom. The second kappa shape index (κ2) is 13.1. The average Bonchev–Trinajstić information content (AvgIpc) is 2.71. The number of rotatable bonds is 9. The number of methoxy groups -OCH3 is 1. The van der Waals surface area contributed by atoms with Crippen LogP contribution in [0.15, 0.2) is 29.3 Å². The number of nitrogens with zero attached hydrogens (tertiary/aromatic N) is 2. The molecule has 2 N–H and O–H groups in total. The van der Waals surface area contributed by atoms with Crippen LogP contribution >= 0.6 is 24.0 Å². The summed E-state index contributed by atoms with van der Waals surface area (Å²) in [6, 6.07) is 7.63. The first-order chi connectivity index (χ1) is 13.4. The van der Waals surface area contributed by atoms with Gasteiger partial charge in [0.15, 0.2) is 5.96 Å². The molecular weight excluding hydrogens is 483 g/mol. The van der Waals surface area contributed by atoms with Crippen LogP contribution in [0.5, 0.6) is 11.5 Å². The van der Waals surface area contributed by atoms with Crippen molar-refractivity contribution in [2.45, 2.75) is 39.3 Å². The van der Waals surface area contributed by atoms with E-state index in [0.717, 1.165) is 56.9 Å². The monoisotopic (exact) mass is 520 g/mol. The van der Waals surface area contributed by atoms with Gasteiger partial charge in [-0.25, -0.2) is 0 Å². The zero-order valence-electron chi connectivity index (χ0n) is 18.4. The topological polar surface area (TPSA) is 67.4 Å². The molecule has 0 saturated carbocycles. The summed E-state index contributed by atoms with van der Waals surface area (Å²) in [5.41, 5.74) is -0.00264. The number of ether oxygens (including phenoxy) is 3. The van der Waals surface area contributed by atoms with Crippen molar-refractivity contribution in [1.82, 2.24) is 15.5 Å². The molecule has 1 heterocycles. The highest BCUT2D eigenvalue weighted by Gasteiger charge is 2.28. The molecule has 166 valence electrons. The van der Waals surface area contributed by atoms with Gasteiger partial charge in [-0.2, -0.15) is 0 Å². The van der Waals surface area contributed by atoms with Crippen LogP contribution < -0.4 is 20.1 Å². The highest BCUT2D eigenvalue weighted by molar-refractivity contribution is 14.0. The molecule has 0 bridgehead atoms. The number of aliphatic imine (C=N–C) groups is 1. The Morgan fingerprint density at radius 3 is 2.38 bits per heavy atom. The van der Waals surface area contributed by atoms with Crippen LogP contribution in [0, 0.1) is 0 Å². The summed E-state index contributed by atoms with van der Waals surface area (Å²) in [5, 5.41) is 6.70. The van der Waals surface area contributed by atoms with Crippen molar-refractivity contribution in [2.24, 2.45) is 4.99 Å². The SMILES string of the molecule is CCNC(=NCC(C)(C)N1CCOCC1)NCC(C)Oc1ccc(OC)cc1.I. The first-order valence-corrected chi connectivity index (χ1v) is 10.1. The van der Waals surface area contributed by atoms with E-state index < -0.39 is 0 Å². The molecule has 1 aromatic carbocycles. The molecule has 8 heteroatoms. The Bertz CT molecular complexity index is 604. The average molecular weight is 520 g/mol. The van der Waals surface area contributed by atoms with E-state index in [9.17, 15) is 0 Å². The van der Waals surface area contributed by atoms with Crippen molar-refractivity contribution in [3.8, 4) is 11.5 Å². The van der Waals surface area contributed by atoms with Gasteiger partial charge < -0.3 is 24.8 Å². The second-order valence-corrected chi connectivity index (χ2v) is 7.59. The quantitative estimate of drug-likeness (QED) is 0.297. The summed E-state index contributed by atoms with van der Waals surface area (Å²) in [7, 11) is 1.66. The fourth-order valence-electron chi connectivity index (χ4n) is 3.05. The molecule has 1 aromatic rings. The summed E-state index contributed by atoms with van der Waals surface area (Å²) in [6.07, 6.45) is 0.00417. The van der Waals surface area contributed by atoms with E-state index in [4.69, 9.17) is 19.2 Å². The molecule has 1 saturated heterocycles. The van der Waals surface area contributed by atoms with Crippen molar-refractivity contribution >= 4 is 29.9 Å². The third-order valence-electron chi connectivity index (χ3n) is 4.79. The largest absolute Gasteiger partial charge is 0.497 e. The molecule has 1 aliphatic rings. The first-order valence-electron chi connectivity index (χ1n) is 10.1. The van der Waals surface area contributed by atoms with Crippen molar-refractivity contribution < 1.29 is 14.2 Å². The van der Waals surface area contributed by atoms with Crippen LogP contribution in [0.1, 0.15) is 27.7 Å². The summed E-state index contributed by atoms with van der Waals surface area (Å²) in [5.74, 6) is 2.46. The highest BCUT2D eigenvalue weighted by Crippen LogP contribution is 2.18. The number of guanidine groups is 1. The van der Waals surface area contributed by atoms with Gasteiger partial charge in [-0.3, -0.25) is 9.89 Å². The third-order valence-corrected chi connectivity index (χ3v) is 4.79. The standard InChI is InChI=1S/C21H36N4O3.HI/c1-6-22-20(24-16-21(3,4)25-11-13-27-14-12-25)23-15-17(2)28-19-9-7-18(26-5)8-10-19;/h7-10,17H,6,11-16H2,1-5H3,(H2,22,23,24);1H. The van der Waals surface area contributed by atoms with Gasteiger partial charge in [-0.05, 0) is 52.0 Å².